The van der Waals surface area contributed by atoms with Crippen molar-refractivity contribution in [2.45, 2.75) is 44.9 Å². The molecule has 0 radical (unpaired) electrons. The fraction of sp³-hybridized carbons (Fsp3) is 0.643. The summed E-state index contributed by atoms with van der Waals surface area (Å²) < 4.78 is 0. The second kappa shape index (κ2) is 6.77. The number of nitrogens with one attached hydrogen (secondary N) is 1. The fourth-order valence-corrected chi connectivity index (χ4v) is 3.95. The van der Waals surface area contributed by atoms with Gasteiger partial charge in [0, 0.05) is 11.8 Å². The Balaban J connectivity index is 2.21. The average molecular weight is 298 g/mol. The fourth-order valence-electron chi connectivity index (χ4n) is 2.63. The molecular formula is C14H22N2OS2. The van der Waals surface area contributed by atoms with Gasteiger partial charge < -0.3 is 4.90 Å². The molecule has 5 heteroatoms. The van der Waals surface area contributed by atoms with Crippen LogP contribution in [0.25, 0.3) is 0 Å². The molecule has 1 fully saturated rings. The van der Waals surface area contributed by atoms with E-state index in [-0.39, 0.29) is 24.2 Å². The predicted octanol–water partition coefficient (Wildman–Crippen LogP) is 3.10. The molecule has 1 aromatic heterocycles. The lowest BCUT2D eigenvalue weighted by atomic mass is 10.1. The molecule has 19 heavy (non-hydrogen) atoms. The van der Waals surface area contributed by atoms with Gasteiger partial charge in [-0.2, -0.15) is 23.1 Å². The minimum Gasteiger partial charge on any atom is -0.318 e. The maximum absolute atomic E-state index is 12.6. The Labute approximate surface area is 123 Å². The summed E-state index contributed by atoms with van der Waals surface area (Å²) in [5, 5.41) is 7.72. The Morgan fingerprint density at radius 1 is 1.58 bits per heavy atom. The van der Waals surface area contributed by atoms with E-state index in [0.717, 1.165) is 18.6 Å². The predicted molar refractivity (Wildman–Crippen MR) is 83.6 cm³/mol. The van der Waals surface area contributed by atoms with Crippen LogP contribution in [0.15, 0.2) is 16.8 Å². The van der Waals surface area contributed by atoms with Crippen molar-refractivity contribution >= 4 is 29.0 Å². The van der Waals surface area contributed by atoms with E-state index in [1.54, 1.807) is 23.1 Å². The maximum atomic E-state index is 12.6. The second-order valence-electron chi connectivity index (χ2n) is 5.02. The molecule has 0 spiro atoms. The third kappa shape index (κ3) is 3.15. The second-order valence-corrected chi connectivity index (χ2v) is 6.71. The van der Waals surface area contributed by atoms with E-state index in [0.29, 0.717) is 0 Å². The molecule has 1 aliphatic heterocycles. The van der Waals surface area contributed by atoms with Crippen LogP contribution in [-0.4, -0.2) is 34.9 Å². The number of rotatable bonds is 6. The van der Waals surface area contributed by atoms with E-state index in [4.69, 9.17) is 0 Å². The van der Waals surface area contributed by atoms with Gasteiger partial charge >= 0.3 is 0 Å². The molecule has 3 unspecified atom stereocenters. The first kappa shape index (κ1) is 14.9. The lowest BCUT2D eigenvalue weighted by molar-refractivity contribution is -0.131. The molecule has 3 atom stereocenters. The zero-order valence-corrected chi connectivity index (χ0v) is 13.4. The van der Waals surface area contributed by atoms with Crippen LogP contribution in [0.4, 0.5) is 0 Å². The van der Waals surface area contributed by atoms with Crippen molar-refractivity contribution in [1.82, 2.24) is 10.2 Å². The molecule has 0 aliphatic carbocycles. The van der Waals surface area contributed by atoms with Crippen molar-refractivity contribution in [3.63, 3.8) is 0 Å². The van der Waals surface area contributed by atoms with Gasteiger partial charge in [0.05, 0.1) is 6.04 Å². The molecule has 2 rings (SSSR count). The van der Waals surface area contributed by atoms with Gasteiger partial charge in [-0.25, -0.2) is 0 Å². The Kier molecular flexibility index (Phi) is 5.30. The van der Waals surface area contributed by atoms with Crippen LogP contribution in [0.3, 0.4) is 0 Å². The lowest BCUT2D eigenvalue weighted by Crippen LogP contribution is -2.39. The van der Waals surface area contributed by atoms with E-state index in [2.05, 4.69) is 42.2 Å². The maximum Gasteiger partial charge on any atom is 0.241 e. The van der Waals surface area contributed by atoms with Crippen LogP contribution in [-0.2, 0) is 4.79 Å². The molecule has 106 valence electrons. The number of amides is 1. The molecule has 0 aromatic carbocycles. The minimum absolute atomic E-state index is 0.0146. The van der Waals surface area contributed by atoms with Crippen molar-refractivity contribution in [2.75, 3.05) is 12.0 Å². The molecule has 1 aliphatic rings. The topological polar surface area (TPSA) is 32.3 Å². The van der Waals surface area contributed by atoms with E-state index in [1.165, 1.54) is 5.56 Å². The molecule has 2 heterocycles. The summed E-state index contributed by atoms with van der Waals surface area (Å²) >= 11 is 3.48. The minimum atomic E-state index is -0.0146. The van der Waals surface area contributed by atoms with Crippen molar-refractivity contribution in [3.8, 4) is 0 Å². The molecule has 1 saturated heterocycles. The van der Waals surface area contributed by atoms with E-state index >= 15 is 0 Å². The van der Waals surface area contributed by atoms with E-state index in [9.17, 15) is 4.79 Å². The van der Waals surface area contributed by atoms with Gasteiger partial charge in [-0.1, -0.05) is 13.3 Å². The summed E-state index contributed by atoms with van der Waals surface area (Å²) in [7, 11) is 0. The first-order valence-corrected chi connectivity index (χ1v) is 9.12. The molecule has 1 aromatic rings. The van der Waals surface area contributed by atoms with Gasteiger partial charge in [0.2, 0.25) is 5.91 Å². The van der Waals surface area contributed by atoms with Gasteiger partial charge in [-0.05, 0) is 42.0 Å². The summed E-state index contributed by atoms with van der Waals surface area (Å²) in [4.78, 5) is 14.6. The summed E-state index contributed by atoms with van der Waals surface area (Å²) in [6, 6.07) is 2.36. The highest BCUT2D eigenvalue weighted by molar-refractivity contribution is 7.98. The van der Waals surface area contributed by atoms with Crippen molar-refractivity contribution in [1.29, 1.82) is 0 Å². The third-order valence-electron chi connectivity index (χ3n) is 3.51. The molecular weight excluding hydrogens is 276 g/mol. The van der Waals surface area contributed by atoms with Crippen LogP contribution in [0, 0.1) is 0 Å². The monoisotopic (exact) mass is 298 g/mol. The summed E-state index contributed by atoms with van der Waals surface area (Å²) in [6.45, 7) is 4.27. The molecule has 3 nitrogen and oxygen atoms in total. The van der Waals surface area contributed by atoms with E-state index in [1.807, 2.05) is 4.90 Å². The van der Waals surface area contributed by atoms with Crippen LogP contribution in [0.1, 0.15) is 38.4 Å². The summed E-state index contributed by atoms with van der Waals surface area (Å²) in [6.07, 6.45) is 4.09. The van der Waals surface area contributed by atoms with Gasteiger partial charge in [-0.3, -0.25) is 10.1 Å². The number of carbonyl (C=O) groups excluding carboxylic acids is 1. The quantitative estimate of drug-likeness (QED) is 0.876. The zero-order chi connectivity index (χ0) is 13.8. The summed E-state index contributed by atoms with van der Waals surface area (Å²) in [5.41, 5.74) is 1.21. The lowest BCUT2D eigenvalue weighted by Gasteiger charge is -2.29. The number of thiophene rings is 1. The smallest absolute Gasteiger partial charge is 0.241 e. The Hall–Kier alpha value is -0.520. The van der Waals surface area contributed by atoms with Crippen LogP contribution in [0.5, 0.6) is 0 Å². The number of carbonyl (C=O) groups is 1. The van der Waals surface area contributed by atoms with Crippen molar-refractivity contribution < 1.29 is 4.79 Å². The first-order chi connectivity index (χ1) is 9.19. The highest BCUT2D eigenvalue weighted by Gasteiger charge is 2.41. The van der Waals surface area contributed by atoms with Crippen LogP contribution in [0.2, 0.25) is 0 Å². The number of nitrogens with zero attached hydrogens (tertiary/aromatic N) is 1. The third-order valence-corrected chi connectivity index (χ3v) is 5.03. The molecule has 0 saturated carbocycles. The highest BCUT2D eigenvalue weighted by Crippen LogP contribution is 2.30. The Morgan fingerprint density at radius 3 is 2.95 bits per heavy atom. The number of hydrogen-bond acceptors (Lipinski definition) is 4. The standard InChI is InChI=1S/C14H22N2OS2/c1-4-5-12-14(17)16(10(2)8-18-3)13(15-12)11-6-7-19-9-11/h6-7,9-10,12-13,15H,4-5,8H2,1-3H3. The summed E-state index contributed by atoms with van der Waals surface area (Å²) in [5.74, 6) is 1.24. The highest BCUT2D eigenvalue weighted by atomic mass is 32.2. The van der Waals surface area contributed by atoms with Gasteiger partial charge in [-0.15, -0.1) is 0 Å². The van der Waals surface area contributed by atoms with Crippen molar-refractivity contribution in [3.05, 3.63) is 22.4 Å². The largest absolute Gasteiger partial charge is 0.318 e. The van der Waals surface area contributed by atoms with Gasteiger partial charge in [0.25, 0.3) is 0 Å². The van der Waals surface area contributed by atoms with E-state index < -0.39 is 0 Å². The number of hydrogen-bond donors (Lipinski definition) is 1. The van der Waals surface area contributed by atoms with Gasteiger partial charge in [0.1, 0.15) is 6.17 Å². The average Bonchev–Trinajstić information content (AvgIpc) is 2.99. The normalized spacial score (nSPS) is 25.0. The Morgan fingerprint density at radius 2 is 2.37 bits per heavy atom. The first-order valence-electron chi connectivity index (χ1n) is 6.78. The molecule has 0 bridgehead atoms. The number of thioether (sulfide) groups is 1. The van der Waals surface area contributed by atoms with Crippen LogP contribution < -0.4 is 5.32 Å². The van der Waals surface area contributed by atoms with Gasteiger partial charge in [0.15, 0.2) is 0 Å². The van der Waals surface area contributed by atoms with Crippen LogP contribution >= 0.6 is 23.1 Å². The zero-order valence-electron chi connectivity index (χ0n) is 11.8. The molecule has 1 N–H and O–H groups in total. The molecule has 1 amide bonds. The SMILES string of the molecule is CCCC1NC(c2ccsc2)N(C(C)CSC)C1=O. The van der Waals surface area contributed by atoms with Crippen molar-refractivity contribution in [2.24, 2.45) is 0 Å². The Bertz CT molecular complexity index is 408.